The highest BCUT2D eigenvalue weighted by Crippen LogP contribution is 2.25. The smallest absolute Gasteiger partial charge is 0.273 e. The Hall–Kier alpha value is -2.63. The van der Waals surface area contributed by atoms with Crippen LogP contribution in [-0.4, -0.2) is 17.6 Å². The number of aryl methyl sites for hydroxylation is 1. The molecule has 0 spiro atoms. The molecule has 0 unspecified atom stereocenters. The van der Waals surface area contributed by atoms with Gasteiger partial charge in [-0.25, -0.2) is 0 Å². The lowest BCUT2D eigenvalue weighted by atomic mass is 9.97. The molecule has 4 nitrogen and oxygen atoms in total. The third-order valence-electron chi connectivity index (χ3n) is 4.26. The molecule has 0 bridgehead atoms. The van der Waals surface area contributed by atoms with Crippen LogP contribution in [0.3, 0.4) is 0 Å². The van der Waals surface area contributed by atoms with Gasteiger partial charge in [0.15, 0.2) is 5.69 Å². The maximum atomic E-state index is 12.4. The lowest BCUT2D eigenvalue weighted by Crippen LogP contribution is -2.24. The molecule has 0 saturated heterocycles. The minimum absolute atomic E-state index is 0.248. The minimum Gasteiger partial charge on any atom is -0.360 e. The van der Waals surface area contributed by atoms with Gasteiger partial charge < -0.3 is 9.84 Å². The van der Waals surface area contributed by atoms with E-state index < -0.39 is 0 Å². The van der Waals surface area contributed by atoms with Gasteiger partial charge in [-0.3, -0.25) is 4.79 Å². The van der Waals surface area contributed by atoms with E-state index in [4.69, 9.17) is 16.1 Å². The maximum Gasteiger partial charge on any atom is 0.273 e. The molecule has 0 atom stereocenters. The number of nitrogens with zero attached hydrogens (tertiary/aromatic N) is 1. The first-order valence-corrected chi connectivity index (χ1v) is 10.2. The van der Waals surface area contributed by atoms with Crippen molar-refractivity contribution in [1.82, 2.24) is 10.5 Å². The fourth-order valence-electron chi connectivity index (χ4n) is 2.88. The summed E-state index contributed by atoms with van der Waals surface area (Å²) in [6, 6.07) is 11.5. The van der Waals surface area contributed by atoms with Crippen molar-refractivity contribution < 1.29 is 9.32 Å². The Bertz CT molecular complexity index is 990. The monoisotopic (exact) mass is 412 g/mol. The van der Waals surface area contributed by atoms with Crippen molar-refractivity contribution in [3.63, 3.8) is 0 Å². The van der Waals surface area contributed by atoms with E-state index in [1.165, 1.54) is 4.88 Å². The minimum atomic E-state index is -0.248. The Kier molecular flexibility index (Phi) is 6.85. The molecule has 3 rings (SSSR count). The quantitative estimate of drug-likeness (QED) is 0.484. The van der Waals surface area contributed by atoms with Crippen LogP contribution in [0.5, 0.6) is 0 Å². The molecular weight excluding hydrogens is 392 g/mol. The van der Waals surface area contributed by atoms with Gasteiger partial charge in [0.25, 0.3) is 5.91 Å². The number of halogens is 1. The molecule has 6 heteroatoms. The van der Waals surface area contributed by atoms with Gasteiger partial charge in [0.1, 0.15) is 5.76 Å². The van der Waals surface area contributed by atoms with Gasteiger partial charge in [-0.15, -0.1) is 11.3 Å². The molecule has 0 radical (unpaired) electrons. The van der Waals surface area contributed by atoms with Crippen LogP contribution in [0.15, 0.2) is 65.0 Å². The number of allylic oxidation sites excluding steroid dienone is 2. The predicted octanol–water partition coefficient (Wildman–Crippen LogP) is 5.68. The zero-order valence-corrected chi connectivity index (χ0v) is 17.1. The molecule has 2 aromatic heterocycles. The van der Waals surface area contributed by atoms with E-state index >= 15 is 0 Å². The number of amides is 1. The van der Waals surface area contributed by atoms with Crippen molar-refractivity contribution in [3.05, 3.63) is 93.0 Å². The third-order valence-corrected chi connectivity index (χ3v) is 5.38. The van der Waals surface area contributed by atoms with Crippen LogP contribution < -0.4 is 5.32 Å². The Morgan fingerprint density at radius 1 is 1.36 bits per heavy atom. The van der Waals surface area contributed by atoms with Gasteiger partial charge in [0.2, 0.25) is 0 Å². The normalized spacial score (nSPS) is 11.4. The molecule has 144 valence electrons. The second kappa shape index (κ2) is 9.53. The molecule has 0 saturated carbocycles. The number of benzene rings is 1. The molecule has 0 aliphatic carbocycles. The fourth-order valence-corrected chi connectivity index (χ4v) is 3.77. The number of thiophene rings is 1. The molecule has 28 heavy (non-hydrogen) atoms. The molecule has 0 aliphatic rings. The van der Waals surface area contributed by atoms with Crippen LogP contribution in [0.1, 0.15) is 38.7 Å². The number of rotatable bonds is 8. The van der Waals surface area contributed by atoms with Gasteiger partial charge in [-0.1, -0.05) is 47.6 Å². The van der Waals surface area contributed by atoms with Gasteiger partial charge in [0.05, 0.1) is 0 Å². The summed E-state index contributed by atoms with van der Waals surface area (Å²) in [4.78, 5) is 13.5. The van der Waals surface area contributed by atoms with Gasteiger partial charge in [-0.2, -0.15) is 0 Å². The largest absolute Gasteiger partial charge is 0.360 e. The maximum absolute atomic E-state index is 12.4. The van der Waals surface area contributed by atoms with Crippen molar-refractivity contribution in [2.45, 2.75) is 19.8 Å². The van der Waals surface area contributed by atoms with Crippen LogP contribution in [0.25, 0.3) is 5.57 Å². The molecular formula is C22H21ClN2O2S. The number of aromatic nitrogens is 1. The van der Waals surface area contributed by atoms with Gasteiger partial charge in [0, 0.05) is 28.9 Å². The van der Waals surface area contributed by atoms with Crippen LogP contribution in [0, 0.1) is 6.92 Å². The molecule has 1 N–H and O–H groups in total. The van der Waals surface area contributed by atoms with Crippen LogP contribution in [-0.2, 0) is 6.42 Å². The van der Waals surface area contributed by atoms with Crippen LogP contribution in [0.4, 0.5) is 0 Å². The fraction of sp³-hybridized carbons (Fsp3) is 0.182. The average molecular weight is 413 g/mol. The number of carbonyl (C=O) groups excluding carboxylic acids is 1. The summed E-state index contributed by atoms with van der Waals surface area (Å²) in [5, 5.41) is 9.47. The zero-order chi connectivity index (χ0) is 19.9. The highest BCUT2D eigenvalue weighted by molar-refractivity contribution is 7.09. The topological polar surface area (TPSA) is 55.1 Å². The lowest BCUT2D eigenvalue weighted by molar-refractivity contribution is 0.0945. The van der Waals surface area contributed by atoms with Gasteiger partial charge >= 0.3 is 0 Å². The lowest BCUT2D eigenvalue weighted by Gasteiger charge is -2.11. The molecule has 2 heterocycles. The second-order valence-electron chi connectivity index (χ2n) is 6.33. The number of carbonyl (C=O) groups is 1. The molecule has 0 fully saturated rings. The van der Waals surface area contributed by atoms with Gasteiger partial charge in [-0.05, 0) is 53.6 Å². The van der Waals surface area contributed by atoms with E-state index in [0.717, 1.165) is 16.7 Å². The van der Waals surface area contributed by atoms with E-state index in [9.17, 15) is 4.79 Å². The number of hydrogen-bond donors (Lipinski definition) is 1. The summed E-state index contributed by atoms with van der Waals surface area (Å²) in [7, 11) is 0. The molecule has 1 aromatic carbocycles. The van der Waals surface area contributed by atoms with E-state index in [2.05, 4.69) is 17.1 Å². The summed E-state index contributed by atoms with van der Waals surface area (Å²) >= 11 is 7.78. The Morgan fingerprint density at radius 3 is 2.96 bits per heavy atom. The van der Waals surface area contributed by atoms with Crippen molar-refractivity contribution in [1.29, 1.82) is 0 Å². The summed E-state index contributed by atoms with van der Waals surface area (Å²) in [6.45, 7) is 6.29. The highest BCUT2D eigenvalue weighted by atomic mass is 35.5. The second-order valence-corrected chi connectivity index (χ2v) is 7.80. The SMILES string of the molecule is C=C/C=C(/CCNC(=O)c1cc(Cc2cccs2)on1)c1cc(Cl)ccc1C. The van der Waals surface area contributed by atoms with E-state index in [0.29, 0.717) is 35.9 Å². The van der Waals surface area contributed by atoms with E-state index in [-0.39, 0.29) is 5.91 Å². The average Bonchev–Trinajstić information content (AvgIpc) is 3.35. The van der Waals surface area contributed by atoms with Crippen LogP contribution >= 0.6 is 22.9 Å². The number of hydrogen-bond acceptors (Lipinski definition) is 4. The van der Waals surface area contributed by atoms with Crippen molar-refractivity contribution in [2.75, 3.05) is 6.54 Å². The predicted molar refractivity (Wildman–Crippen MR) is 115 cm³/mol. The first-order valence-electron chi connectivity index (χ1n) is 8.91. The summed E-state index contributed by atoms with van der Waals surface area (Å²) in [5.41, 5.74) is 3.54. The Labute approximate surface area is 173 Å². The first kappa shape index (κ1) is 20.1. The van der Waals surface area contributed by atoms with Crippen LogP contribution in [0.2, 0.25) is 5.02 Å². The van der Waals surface area contributed by atoms with Crippen molar-refractivity contribution in [3.8, 4) is 0 Å². The summed E-state index contributed by atoms with van der Waals surface area (Å²) in [6.07, 6.45) is 4.98. The van der Waals surface area contributed by atoms with Crippen molar-refractivity contribution >= 4 is 34.4 Å². The highest BCUT2D eigenvalue weighted by Gasteiger charge is 2.13. The molecule has 0 aliphatic heterocycles. The summed E-state index contributed by atoms with van der Waals surface area (Å²) < 4.78 is 5.28. The molecule has 1 amide bonds. The molecule has 3 aromatic rings. The van der Waals surface area contributed by atoms with E-state index in [1.54, 1.807) is 23.5 Å². The Balaban J connectivity index is 1.59. The van der Waals surface area contributed by atoms with E-state index in [1.807, 2.05) is 48.7 Å². The zero-order valence-electron chi connectivity index (χ0n) is 15.6. The number of nitrogens with one attached hydrogen (secondary N) is 1. The first-order chi connectivity index (χ1) is 13.6. The third kappa shape index (κ3) is 5.21. The Morgan fingerprint density at radius 2 is 2.21 bits per heavy atom. The summed E-state index contributed by atoms with van der Waals surface area (Å²) in [5.74, 6) is 0.427. The standard InChI is InChI=1S/C22H21ClN2O2S/c1-3-5-16(20-12-17(23)8-7-15(20)2)9-10-24-22(26)21-14-18(27-25-21)13-19-6-4-11-28-19/h3-8,11-12,14H,1,9-10,13H2,2H3,(H,24,26)/b16-5-. The van der Waals surface area contributed by atoms with Crippen molar-refractivity contribution in [2.24, 2.45) is 0 Å².